The topological polar surface area (TPSA) is 42.2 Å². The molecule has 3 nitrogen and oxygen atoms in total. The molecule has 0 aliphatic carbocycles. The summed E-state index contributed by atoms with van der Waals surface area (Å²) in [6.07, 6.45) is -1.99. The van der Waals surface area contributed by atoms with Crippen LogP contribution in [0.15, 0.2) is 10.5 Å². The molecule has 0 atom stereocenters. The summed E-state index contributed by atoms with van der Waals surface area (Å²) in [7, 11) is 0. The molecule has 1 amide bonds. The zero-order valence-electron chi connectivity index (χ0n) is 10.4. The van der Waals surface area contributed by atoms with Crippen molar-refractivity contribution in [1.82, 2.24) is 5.32 Å². The molecule has 18 heavy (non-hydrogen) atoms. The Balaban J connectivity index is 2.73. The molecule has 6 heteroatoms. The van der Waals surface area contributed by atoms with E-state index in [1.807, 2.05) is 6.92 Å². The third kappa shape index (κ3) is 3.78. The lowest BCUT2D eigenvalue weighted by atomic mass is 10.2. The standard InChI is InChI=1S/C12H16F3NO2/c1-3-4-5-6-16-11(17)9-7-8(2)18-10(9)12(13,14)15/h7H,3-6H2,1-2H3,(H,16,17). The Kier molecular flexibility index (Phi) is 4.81. The van der Waals surface area contributed by atoms with E-state index in [4.69, 9.17) is 0 Å². The van der Waals surface area contributed by atoms with Gasteiger partial charge in [-0.05, 0) is 19.4 Å². The van der Waals surface area contributed by atoms with E-state index in [1.165, 1.54) is 6.92 Å². The summed E-state index contributed by atoms with van der Waals surface area (Å²) in [5.41, 5.74) is -0.448. The van der Waals surface area contributed by atoms with Crippen LogP contribution in [0.2, 0.25) is 0 Å². The highest BCUT2D eigenvalue weighted by molar-refractivity contribution is 5.95. The quantitative estimate of drug-likeness (QED) is 0.826. The fourth-order valence-electron chi connectivity index (χ4n) is 1.57. The number of unbranched alkanes of at least 4 members (excludes halogenated alkanes) is 2. The van der Waals surface area contributed by atoms with Crippen molar-refractivity contribution in [2.24, 2.45) is 0 Å². The van der Waals surface area contributed by atoms with Crippen LogP contribution in [0.1, 0.15) is 48.1 Å². The van der Waals surface area contributed by atoms with Crippen LogP contribution in [-0.2, 0) is 6.18 Å². The van der Waals surface area contributed by atoms with Crippen LogP contribution >= 0.6 is 0 Å². The predicted molar refractivity (Wildman–Crippen MR) is 60.3 cm³/mol. The molecule has 1 aromatic rings. The van der Waals surface area contributed by atoms with Gasteiger partial charge in [0.05, 0.1) is 5.56 Å². The number of amides is 1. The van der Waals surface area contributed by atoms with Crippen LogP contribution in [0, 0.1) is 6.92 Å². The second-order valence-corrected chi connectivity index (χ2v) is 4.06. The predicted octanol–water partition coefficient (Wildman–Crippen LogP) is 3.53. The monoisotopic (exact) mass is 263 g/mol. The van der Waals surface area contributed by atoms with Gasteiger partial charge in [-0.1, -0.05) is 19.8 Å². The number of nitrogens with one attached hydrogen (secondary N) is 1. The van der Waals surface area contributed by atoms with E-state index >= 15 is 0 Å². The van der Waals surface area contributed by atoms with Gasteiger partial charge in [0, 0.05) is 6.54 Å². The van der Waals surface area contributed by atoms with Crippen LogP contribution < -0.4 is 5.32 Å². The number of aryl methyl sites for hydroxylation is 1. The molecular weight excluding hydrogens is 247 g/mol. The number of carbonyl (C=O) groups excluding carboxylic acids is 1. The Morgan fingerprint density at radius 3 is 2.61 bits per heavy atom. The van der Waals surface area contributed by atoms with Crippen molar-refractivity contribution in [1.29, 1.82) is 0 Å². The molecule has 0 aliphatic heterocycles. The number of rotatable bonds is 5. The zero-order chi connectivity index (χ0) is 13.8. The maximum Gasteiger partial charge on any atom is 0.450 e. The maximum atomic E-state index is 12.6. The lowest BCUT2D eigenvalue weighted by molar-refractivity contribution is -0.153. The molecule has 0 aromatic carbocycles. The van der Waals surface area contributed by atoms with E-state index < -0.39 is 23.4 Å². The Morgan fingerprint density at radius 1 is 1.39 bits per heavy atom. The van der Waals surface area contributed by atoms with Gasteiger partial charge in [-0.3, -0.25) is 4.79 Å². The van der Waals surface area contributed by atoms with Crippen molar-refractivity contribution in [2.75, 3.05) is 6.54 Å². The van der Waals surface area contributed by atoms with Crippen molar-refractivity contribution in [3.8, 4) is 0 Å². The summed E-state index contributed by atoms with van der Waals surface area (Å²) in [5.74, 6) is -1.90. The SMILES string of the molecule is CCCCCNC(=O)c1cc(C)oc1C(F)(F)F. The smallest absolute Gasteiger partial charge is 0.450 e. The molecule has 0 aliphatic rings. The summed E-state index contributed by atoms with van der Waals surface area (Å²) in [6, 6.07) is 1.11. The number of alkyl halides is 3. The van der Waals surface area contributed by atoms with Crippen molar-refractivity contribution >= 4 is 5.91 Å². The van der Waals surface area contributed by atoms with Crippen molar-refractivity contribution in [3.05, 3.63) is 23.2 Å². The molecule has 0 radical (unpaired) electrons. The highest BCUT2D eigenvalue weighted by Crippen LogP contribution is 2.33. The first-order valence-electron chi connectivity index (χ1n) is 5.82. The first-order chi connectivity index (χ1) is 8.36. The Hall–Kier alpha value is -1.46. The number of furan rings is 1. The normalized spacial score (nSPS) is 11.6. The van der Waals surface area contributed by atoms with Gasteiger partial charge >= 0.3 is 6.18 Å². The van der Waals surface area contributed by atoms with Crippen molar-refractivity contribution in [3.63, 3.8) is 0 Å². The van der Waals surface area contributed by atoms with E-state index in [0.717, 1.165) is 25.3 Å². The number of carbonyl (C=O) groups is 1. The van der Waals surface area contributed by atoms with Crippen LogP contribution in [0.5, 0.6) is 0 Å². The molecule has 1 N–H and O–H groups in total. The van der Waals surface area contributed by atoms with Gasteiger partial charge in [0.2, 0.25) is 5.76 Å². The van der Waals surface area contributed by atoms with Crippen LogP contribution in [-0.4, -0.2) is 12.5 Å². The fraction of sp³-hybridized carbons (Fsp3) is 0.583. The Morgan fingerprint density at radius 2 is 2.06 bits per heavy atom. The van der Waals surface area contributed by atoms with E-state index in [-0.39, 0.29) is 5.76 Å². The van der Waals surface area contributed by atoms with Crippen LogP contribution in [0.25, 0.3) is 0 Å². The largest absolute Gasteiger partial charge is 0.456 e. The molecule has 1 aromatic heterocycles. The molecular formula is C12H16F3NO2. The third-order valence-corrected chi connectivity index (χ3v) is 2.42. The van der Waals surface area contributed by atoms with Crippen LogP contribution in [0.4, 0.5) is 13.2 Å². The van der Waals surface area contributed by atoms with Gasteiger partial charge in [0.1, 0.15) is 5.76 Å². The first kappa shape index (κ1) is 14.6. The number of hydrogen-bond donors (Lipinski definition) is 1. The second-order valence-electron chi connectivity index (χ2n) is 4.06. The molecule has 1 rings (SSSR count). The summed E-state index contributed by atoms with van der Waals surface area (Å²) >= 11 is 0. The van der Waals surface area contributed by atoms with E-state index in [0.29, 0.717) is 6.54 Å². The van der Waals surface area contributed by atoms with Crippen molar-refractivity contribution < 1.29 is 22.4 Å². The first-order valence-corrected chi connectivity index (χ1v) is 5.82. The van der Waals surface area contributed by atoms with Gasteiger partial charge in [0.25, 0.3) is 5.91 Å². The lowest BCUT2D eigenvalue weighted by Crippen LogP contribution is -2.26. The molecule has 0 unspecified atom stereocenters. The third-order valence-electron chi connectivity index (χ3n) is 2.42. The zero-order valence-corrected chi connectivity index (χ0v) is 10.4. The molecule has 102 valence electrons. The van der Waals surface area contributed by atoms with Crippen molar-refractivity contribution in [2.45, 2.75) is 39.3 Å². The fourth-order valence-corrected chi connectivity index (χ4v) is 1.57. The van der Waals surface area contributed by atoms with E-state index in [1.54, 1.807) is 0 Å². The minimum Gasteiger partial charge on any atom is -0.456 e. The molecule has 1 heterocycles. The second kappa shape index (κ2) is 5.93. The summed E-state index contributed by atoms with van der Waals surface area (Å²) in [5, 5.41) is 2.46. The van der Waals surface area contributed by atoms with E-state index in [9.17, 15) is 18.0 Å². The molecule has 0 bridgehead atoms. The maximum absolute atomic E-state index is 12.6. The molecule has 0 saturated carbocycles. The van der Waals surface area contributed by atoms with Crippen LogP contribution in [0.3, 0.4) is 0 Å². The van der Waals surface area contributed by atoms with Gasteiger partial charge in [-0.2, -0.15) is 13.2 Å². The van der Waals surface area contributed by atoms with Gasteiger partial charge in [0.15, 0.2) is 0 Å². The lowest BCUT2D eigenvalue weighted by Gasteiger charge is -2.07. The molecule has 0 spiro atoms. The average Bonchev–Trinajstić information content (AvgIpc) is 2.66. The number of halogens is 3. The minimum atomic E-state index is -4.65. The minimum absolute atomic E-state index is 0.0704. The van der Waals surface area contributed by atoms with Gasteiger partial charge in [-0.15, -0.1) is 0 Å². The average molecular weight is 263 g/mol. The highest BCUT2D eigenvalue weighted by atomic mass is 19.4. The molecule has 0 fully saturated rings. The Bertz CT molecular complexity index is 410. The van der Waals surface area contributed by atoms with E-state index in [2.05, 4.69) is 9.73 Å². The van der Waals surface area contributed by atoms with Gasteiger partial charge in [-0.25, -0.2) is 0 Å². The molecule has 0 saturated heterocycles. The summed E-state index contributed by atoms with van der Waals surface area (Å²) in [6.45, 7) is 3.75. The number of hydrogen-bond acceptors (Lipinski definition) is 2. The highest BCUT2D eigenvalue weighted by Gasteiger charge is 2.39. The summed E-state index contributed by atoms with van der Waals surface area (Å²) in [4.78, 5) is 11.6. The summed E-state index contributed by atoms with van der Waals surface area (Å²) < 4.78 is 42.3. The Labute approximate surface area is 103 Å². The van der Waals surface area contributed by atoms with Gasteiger partial charge < -0.3 is 9.73 Å².